The second-order valence-electron chi connectivity index (χ2n) is 4.63. The van der Waals surface area contributed by atoms with E-state index in [0.717, 1.165) is 23.9 Å². The summed E-state index contributed by atoms with van der Waals surface area (Å²) in [6.45, 7) is 6.26. The van der Waals surface area contributed by atoms with E-state index >= 15 is 0 Å². The third-order valence-corrected chi connectivity index (χ3v) is 4.47. The molecule has 0 saturated carbocycles. The maximum absolute atomic E-state index is 5.59. The number of rotatable bonds is 5. The summed E-state index contributed by atoms with van der Waals surface area (Å²) in [7, 11) is 2.13. The van der Waals surface area contributed by atoms with Gasteiger partial charge in [0, 0.05) is 31.6 Å². The van der Waals surface area contributed by atoms with Crippen LogP contribution in [0.15, 0.2) is 5.38 Å². The number of hydrogen-bond acceptors (Lipinski definition) is 5. The number of nitrogens with two attached hydrogens (primary N) is 1. The minimum absolute atomic E-state index is 0.537. The van der Waals surface area contributed by atoms with Crippen LogP contribution in [0.4, 0.5) is 5.13 Å². The van der Waals surface area contributed by atoms with Gasteiger partial charge in [0.15, 0.2) is 5.13 Å². The quantitative estimate of drug-likeness (QED) is 0.865. The Morgan fingerprint density at radius 1 is 1.65 bits per heavy atom. The zero-order valence-corrected chi connectivity index (χ0v) is 11.5. The maximum atomic E-state index is 5.59. The zero-order chi connectivity index (χ0) is 12.3. The Hall–Kier alpha value is -0.650. The van der Waals surface area contributed by atoms with Gasteiger partial charge in [-0.3, -0.25) is 4.90 Å². The van der Waals surface area contributed by atoms with E-state index in [1.807, 2.05) is 0 Å². The summed E-state index contributed by atoms with van der Waals surface area (Å²) in [6, 6.07) is 0.690. The monoisotopic (exact) mass is 254 g/mol. The Morgan fingerprint density at radius 2 is 2.47 bits per heavy atom. The zero-order valence-electron chi connectivity index (χ0n) is 10.7. The maximum Gasteiger partial charge on any atom is 0.185 e. The molecular formula is C12H22N4S. The Kier molecular flexibility index (Phi) is 4.36. The van der Waals surface area contributed by atoms with Crippen molar-refractivity contribution in [2.75, 3.05) is 31.6 Å². The molecule has 0 bridgehead atoms. The molecule has 1 aromatic heterocycles. The molecule has 4 nitrogen and oxygen atoms in total. The molecule has 17 heavy (non-hydrogen) atoms. The van der Waals surface area contributed by atoms with Gasteiger partial charge in [-0.05, 0) is 25.9 Å². The lowest BCUT2D eigenvalue weighted by atomic mass is 10.2. The van der Waals surface area contributed by atoms with Crippen molar-refractivity contribution >= 4 is 16.5 Å². The lowest BCUT2D eigenvalue weighted by Gasteiger charge is -2.27. The Bertz CT molecular complexity index is 352. The van der Waals surface area contributed by atoms with Crippen molar-refractivity contribution in [3.8, 4) is 0 Å². The van der Waals surface area contributed by atoms with Gasteiger partial charge in [0.1, 0.15) is 0 Å². The summed E-state index contributed by atoms with van der Waals surface area (Å²) < 4.78 is 0. The van der Waals surface area contributed by atoms with Gasteiger partial charge < -0.3 is 10.6 Å². The molecule has 5 heteroatoms. The molecule has 1 fully saturated rings. The molecule has 1 atom stereocenters. The van der Waals surface area contributed by atoms with E-state index in [1.165, 1.54) is 19.4 Å². The van der Waals surface area contributed by atoms with Crippen LogP contribution < -0.4 is 10.6 Å². The van der Waals surface area contributed by atoms with Crippen molar-refractivity contribution in [2.24, 2.45) is 5.73 Å². The number of likely N-dealkylation sites (tertiary alicyclic amines) is 1. The molecule has 1 aromatic rings. The van der Waals surface area contributed by atoms with Gasteiger partial charge in [0.2, 0.25) is 0 Å². The lowest BCUT2D eigenvalue weighted by Crippen LogP contribution is -2.38. The molecule has 0 spiro atoms. The summed E-state index contributed by atoms with van der Waals surface area (Å²) >= 11 is 1.69. The first kappa shape index (κ1) is 12.8. The topological polar surface area (TPSA) is 45.4 Å². The van der Waals surface area contributed by atoms with Crippen LogP contribution in [-0.4, -0.2) is 42.6 Å². The van der Waals surface area contributed by atoms with E-state index in [4.69, 9.17) is 5.73 Å². The Morgan fingerprint density at radius 3 is 3.12 bits per heavy atom. The summed E-state index contributed by atoms with van der Waals surface area (Å²) in [5.74, 6) is 0. The van der Waals surface area contributed by atoms with Gasteiger partial charge in [-0.1, -0.05) is 6.92 Å². The molecule has 0 amide bonds. The van der Waals surface area contributed by atoms with Crippen LogP contribution in [0.1, 0.15) is 25.5 Å². The van der Waals surface area contributed by atoms with E-state index in [9.17, 15) is 0 Å². The van der Waals surface area contributed by atoms with E-state index < -0.39 is 0 Å². The first-order valence-electron chi connectivity index (χ1n) is 6.34. The number of thiazole rings is 1. The van der Waals surface area contributed by atoms with Crippen LogP contribution in [0.25, 0.3) is 0 Å². The fraction of sp³-hybridized carbons (Fsp3) is 0.750. The van der Waals surface area contributed by atoms with Crippen molar-refractivity contribution in [2.45, 2.75) is 32.4 Å². The summed E-state index contributed by atoms with van der Waals surface area (Å²) in [5.41, 5.74) is 6.58. The normalized spacial score (nSPS) is 21.0. The van der Waals surface area contributed by atoms with Crippen LogP contribution >= 0.6 is 11.3 Å². The highest BCUT2D eigenvalue weighted by atomic mass is 32.1. The van der Waals surface area contributed by atoms with Gasteiger partial charge >= 0.3 is 0 Å². The van der Waals surface area contributed by atoms with Crippen molar-refractivity contribution in [1.82, 2.24) is 9.88 Å². The number of anilines is 1. The minimum atomic E-state index is 0.537. The number of aromatic nitrogens is 1. The van der Waals surface area contributed by atoms with Gasteiger partial charge in [-0.2, -0.15) is 0 Å². The fourth-order valence-corrected chi connectivity index (χ4v) is 3.29. The summed E-state index contributed by atoms with van der Waals surface area (Å²) in [6.07, 6.45) is 2.64. The standard InChI is InChI=1S/C12H22N4S/c1-3-16-6-4-5-11(16)8-15(2)12-14-10(7-13)9-17-12/h9,11H,3-8,13H2,1-2H3. The second-order valence-corrected chi connectivity index (χ2v) is 5.47. The van der Waals surface area contributed by atoms with Crippen molar-refractivity contribution < 1.29 is 0 Å². The van der Waals surface area contributed by atoms with E-state index in [2.05, 4.69) is 34.1 Å². The molecule has 2 rings (SSSR count). The van der Waals surface area contributed by atoms with Crippen LogP contribution in [0.3, 0.4) is 0 Å². The third-order valence-electron chi connectivity index (χ3n) is 3.47. The fourth-order valence-electron chi connectivity index (χ4n) is 2.48. The third kappa shape index (κ3) is 2.97. The van der Waals surface area contributed by atoms with Crippen LogP contribution in [-0.2, 0) is 6.54 Å². The van der Waals surface area contributed by atoms with Crippen molar-refractivity contribution in [3.05, 3.63) is 11.1 Å². The SMILES string of the molecule is CCN1CCCC1CN(C)c1nc(CN)cs1. The Balaban J connectivity index is 1.94. The van der Waals surface area contributed by atoms with Gasteiger partial charge in [0.05, 0.1) is 5.69 Å². The molecular weight excluding hydrogens is 232 g/mol. The average molecular weight is 254 g/mol. The Labute approximate surface area is 107 Å². The highest BCUT2D eigenvalue weighted by Gasteiger charge is 2.24. The van der Waals surface area contributed by atoms with Crippen molar-refractivity contribution in [3.63, 3.8) is 0 Å². The van der Waals surface area contributed by atoms with Crippen LogP contribution in [0.2, 0.25) is 0 Å². The largest absolute Gasteiger partial charge is 0.350 e. The molecule has 1 aliphatic rings. The number of likely N-dealkylation sites (N-methyl/N-ethyl adjacent to an activating group) is 2. The first-order chi connectivity index (χ1) is 8.24. The lowest BCUT2D eigenvalue weighted by molar-refractivity contribution is 0.270. The van der Waals surface area contributed by atoms with Crippen LogP contribution in [0, 0.1) is 0 Å². The highest BCUT2D eigenvalue weighted by molar-refractivity contribution is 7.13. The predicted octanol–water partition coefficient (Wildman–Crippen LogP) is 1.52. The molecule has 96 valence electrons. The molecule has 0 aromatic carbocycles. The molecule has 2 heterocycles. The highest BCUT2D eigenvalue weighted by Crippen LogP contribution is 2.23. The second kappa shape index (κ2) is 5.80. The smallest absolute Gasteiger partial charge is 0.185 e. The van der Waals surface area contributed by atoms with E-state index in [-0.39, 0.29) is 0 Å². The van der Waals surface area contributed by atoms with Crippen LogP contribution in [0.5, 0.6) is 0 Å². The molecule has 0 radical (unpaired) electrons. The van der Waals surface area contributed by atoms with E-state index in [1.54, 1.807) is 11.3 Å². The molecule has 0 aliphatic carbocycles. The summed E-state index contributed by atoms with van der Waals surface area (Å²) in [4.78, 5) is 9.35. The van der Waals surface area contributed by atoms with Crippen molar-refractivity contribution in [1.29, 1.82) is 0 Å². The molecule has 1 unspecified atom stereocenters. The summed E-state index contributed by atoms with van der Waals surface area (Å²) in [5, 5.41) is 3.14. The number of nitrogens with zero attached hydrogens (tertiary/aromatic N) is 3. The predicted molar refractivity (Wildman–Crippen MR) is 73.5 cm³/mol. The van der Waals surface area contributed by atoms with Gasteiger partial charge in [-0.25, -0.2) is 4.98 Å². The number of hydrogen-bond donors (Lipinski definition) is 1. The van der Waals surface area contributed by atoms with Gasteiger partial charge in [0.25, 0.3) is 0 Å². The first-order valence-corrected chi connectivity index (χ1v) is 7.22. The molecule has 2 N–H and O–H groups in total. The molecule has 1 aliphatic heterocycles. The molecule has 1 saturated heterocycles. The van der Waals surface area contributed by atoms with E-state index in [0.29, 0.717) is 12.6 Å². The average Bonchev–Trinajstić information content (AvgIpc) is 2.96. The minimum Gasteiger partial charge on any atom is -0.350 e. The van der Waals surface area contributed by atoms with Gasteiger partial charge in [-0.15, -0.1) is 11.3 Å².